The van der Waals surface area contributed by atoms with Gasteiger partial charge >= 0.3 is 0 Å². The lowest BCUT2D eigenvalue weighted by Crippen LogP contribution is -2.02. The highest BCUT2D eigenvalue weighted by molar-refractivity contribution is 5.64. The summed E-state index contributed by atoms with van der Waals surface area (Å²) in [6, 6.07) is 18.7. The van der Waals surface area contributed by atoms with Crippen LogP contribution >= 0.6 is 0 Å². The number of rotatable bonds is 6. The van der Waals surface area contributed by atoms with Crippen molar-refractivity contribution in [3.63, 3.8) is 0 Å². The molecule has 1 heterocycles. The van der Waals surface area contributed by atoms with Crippen molar-refractivity contribution >= 4 is 0 Å². The minimum Gasteiger partial charge on any atom is -0.325 e. The molecule has 3 rings (SSSR count). The molecule has 0 radical (unpaired) electrons. The molecular formula is C19H22N4. The number of hydrogen-bond acceptors (Lipinski definition) is 3. The van der Waals surface area contributed by atoms with Crippen molar-refractivity contribution in [2.24, 2.45) is 5.73 Å². The normalized spacial score (nSPS) is 10.9. The van der Waals surface area contributed by atoms with Crippen LogP contribution in [0.5, 0.6) is 0 Å². The molecule has 0 saturated carbocycles. The number of hydrogen-bond donors (Lipinski definition) is 1. The van der Waals surface area contributed by atoms with E-state index in [2.05, 4.69) is 53.6 Å². The first-order valence-electron chi connectivity index (χ1n) is 8.13. The fourth-order valence-corrected chi connectivity index (χ4v) is 2.70. The summed E-state index contributed by atoms with van der Waals surface area (Å²) in [6.07, 6.45) is 3.55. The molecule has 0 bridgehead atoms. The van der Waals surface area contributed by atoms with Gasteiger partial charge in [0.15, 0.2) is 0 Å². The van der Waals surface area contributed by atoms with Crippen LogP contribution in [-0.2, 0) is 13.0 Å². The zero-order valence-electron chi connectivity index (χ0n) is 13.4. The van der Waals surface area contributed by atoms with Gasteiger partial charge in [0, 0.05) is 12.1 Å². The Bertz CT molecular complexity index is 745. The Morgan fingerprint density at radius 3 is 2.39 bits per heavy atom. The molecule has 23 heavy (non-hydrogen) atoms. The van der Waals surface area contributed by atoms with E-state index in [1.54, 1.807) is 0 Å². The van der Waals surface area contributed by atoms with Gasteiger partial charge in [0.05, 0.1) is 11.4 Å². The molecule has 0 unspecified atom stereocenters. The van der Waals surface area contributed by atoms with Crippen LogP contribution in [-0.4, -0.2) is 15.0 Å². The fourth-order valence-electron chi connectivity index (χ4n) is 2.70. The third kappa shape index (κ3) is 3.32. The van der Waals surface area contributed by atoms with E-state index in [0.717, 1.165) is 29.1 Å². The summed E-state index contributed by atoms with van der Waals surface area (Å²) in [5.41, 5.74) is 11.1. The zero-order valence-corrected chi connectivity index (χ0v) is 13.4. The summed E-state index contributed by atoms with van der Waals surface area (Å²) in [7, 11) is 0. The Kier molecular flexibility index (Phi) is 4.83. The molecular weight excluding hydrogens is 284 g/mol. The standard InChI is InChI=1S/C19H22N4/c1-2-3-7-15-10-12-17(13-11-15)23-19(18(14-20)21-22-23)16-8-5-4-6-9-16/h4-6,8-13H,2-3,7,14,20H2,1H3. The molecule has 0 atom stereocenters. The molecule has 4 nitrogen and oxygen atoms in total. The third-order valence-electron chi connectivity index (χ3n) is 3.98. The van der Waals surface area contributed by atoms with Crippen LogP contribution in [0.1, 0.15) is 31.0 Å². The molecule has 2 N–H and O–H groups in total. The highest BCUT2D eigenvalue weighted by Gasteiger charge is 2.14. The van der Waals surface area contributed by atoms with Crippen LogP contribution in [0.15, 0.2) is 54.6 Å². The van der Waals surface area contributed by atoms with Gasteiger partial charge in [-0.2, -0.15) is 0 Å². The maximum Gasteiger partial charge on any atom is 0.105 e. The van der Waals surface area contributed by atoms with Crippen molar-refractivity contribution < 1.29 is 0 Å². The van der Waals surface area contributed by atoms with Crippen LogP contribution in [0, 0.1) is 0 Å². The van der Waals surface area contributed by atoms with Gasteiger partial charge in [0.25, 0.3) is 0 Å². The largest absolute Gasteiger partial charge is 0.325 e. The molecule has 0 fully saturated rings. The predicted octanol–water partition coefficient (Wildman–Crippen LogP) is 3.74. The van der Waals surface area contributed by atoms with Crippen LogP contribution in [0.3, 0.4) is 0 Å². The van der Waals surface area contributed by atoms with Gasteiger partial charge in [0.2, 0.25) is 0 Å². The van der Waals surface area contributed by atoms with Gasteiger partial charge in [-0.1, -0.05) is 61.0 Å². The van der Waals surface area contributed by atoms with Gasteiger partial charge in [-0.05, 0) is 30.5 Å². The monoisotopic (exact) mass is 306 g/mol. The van der Waals surface area contributed by atoms with Crippen LogP contribution in [0.4, 0.5) is 0 Å². The molecule has 4 heteroatoms. The summed E-state index contributed by atoms with van der Waals surface area (Å²) < 4.78 is 1.88. The van der Waals surface area contributed by atoms with Gasteiger partial charge in [-0.3, -0.25) is 0 Å². The smallest absolute Gasteiger partial charge is 0.105 e. The summed E-state index contributed by atoms with van der Waals surface area (Å²) >= 11 is 0. The third-order valence-corrected chi connectivity index (χ3v) is 3.98. The molecule has 0 spiro atoms. The Morgan fingerprint density at radius 2 is 1.74 bits per heavy atom. The summed E-state index contributed by atoms with van der Waals surface area (Å²) in [4.78, 5) is 0. The molecule has 118 valence electrons. The van der Waals surface area contributed by atoms with Crippen molar-refractivity contribution in [1.29, 1.82) is 0 Å². The van der Waals surface area contributed by atoms with Crippen molar-refractivity contribution in [3.05, 3.63) is 65.9 Å². The summed E-state index contributed by atoms with van der Waals surface area (Å²) in [5, 5.41) is 8.56. The minimum atomic E-state index is 0.374. The van der Waals surface area contributed by atoms with E-state index in [1.165, 1.54) is 18.4 Å². The molecule has 3 aromatic rings. The van der Waals surface area contributed by atoms with Gasteiger partial charge in [-0.15, -0.1) is 5.10 Å². The second kappa shape index (κ2) is 7.20. The number of aromatic nitrogens is 3. The number of nitrogens with zero attached hydrogens (tertiary/aromatic N) is 3. The maximum absolute atomic E-state index is 5.84. The number of nitrogens with two attached hydrogens (primary N) is 1. The molecule has 0 saturated heterocycles. The Labute approximate surface area is 137 Å². The van der Waals surface area contributed by atoms with Crippen molar-refractivity contribution in [2.45, 2.75) is 32.7 Å². The SMILES string of the molecule is CCCCc1ccc(-n2nnc(CN)c2-c2ccccc2)cc1. The van der Waals surface area contributed by atoms with Gasteiger partial charge in [0.1, 0.15) is 5.69 Å². The predicted molar refractivity (Wildman–Crippen MR) is 93.3 cm³/mol. The first-order chi connectivity index (χ1) is 11.3. The van der Waals surface area contributed by atoms with Crippen molar-refractivity contribution in [2.75, 3.05) is 0 Å². The first kappa shape index (κ1) is 15.4. The van der Waals surface area contributed by atoms with E-state index in [9.17, 15) is 0 Å². The Hall–Kier alpha value is -2.46. The van der Waals surface area contributed by atoms with E-state index in [0.29, 0.717) is 6.54 Å². The number of aryl methyl sites for hydroxylation is 1. The van der Waals surface area contributed by atoms with Gasteiger partial charge in [-0.25, -0.2) is 4.68 Å². The second-order valence-corrected chi connectivity index (χ2v) is 5.64. The molecule has 0 aliphatic carbocycles. The first-order valence-corrected chi connectivity index (χ1v) is 8.13. The van der Waals surface area contributed by atoms with E-state index >= 15 is 0 Å². The van der Waals surface area contributed by atoms with Crippen molar-refractivity contribution in [1.82, 2.24) is 15.0 Å². The average molecular weight is 306 g/mol. The summed E-state index contributed by atoms with van der Waals surface area (Å²) in [6.45, 7) is 2.59. The van der Waals surface area contributed by atoms with E-state index in [-0.39, 0.29) is 0 Å². The molecule has 0 aliphatic rings. The minimum absolute atomic E-state index is 0.374. The highest BCUT2D eigenvalue weighted by atomic mass is 15.4. The van der Waals surface area contributed by atoms with E-state index in [1.807, 2.05) is 22.9 Å². The number of benzene rings is 2. The molecule has 2 aromatic carbocycles. The molecule has 0 amide bonds. The lowest BCUT2D eigenvalue weighted by atomic mass is 10.1. The summed E-state index contributed by atoms with van der Waals surface area (Å²) in [5.74, 6) is 0. The quantitative estimate of drug-likeness (QED) is 0.755. The van der Waals surface area contributed by atoms with Crippen LogP contribution in [0.25, 0.3) is 16.9 Å². The average Bonchev–Trinajstić information content (AvgIpc) is 3.05. The van der Waals surface area contributed by atoms with Crippen molar-refractivity contribution in [3.8, 4) is 16.9 Å². The lowest BCUT2D eigenvalue weighted by Gasteiger charge is -2.09. The van der Waals surface area contributed by atoms with E-state index < -0.39 is 0 Å². The van der Waals surface area contributed by atoms with Crippen LogP contribution in [0.2, 0.25) is 0 Å². The van der Waals surface area contributed by atoms with Gasteiger partial charge < -0.3 is 5.73 Å². The topological polar surface area (TPSA) is 56.7 Å². The Morgan fingerprint density at radius 1 is 1.00 bits per heavy atom. The lowest BCUT2D eigenvalue weighted by molar-refractivity contribution is 0.787. The fraction of sp³-hybridized carbons (Fsp3) is 0.263. The van der Waals surface area contributed by atoms with Crippen LogP contribution < -0.4 is 5.73 Å². The maximum atomic E-state index is 5.84. The number of unbranched alkanes of at least 4 members (excludes halogenated alkanes) is 1. The molecule has 1 aromatic heterocycles. The Balaban J connectivity index is 1.98. The molecule has 0 aliphatic heterocycles. The second-order valence-electron chi connectivity index (χ2n) is 5.64. The van der Waals surface area contributed by atoms with E-state index in [4.69, 9.17) is 5.73 Å². The highest BCUT2D eigenvalue weighted by Crippen LogP contribution is 2.25. The zero-order chi connectivity index (χ0) is 16.1.